The van der Waals surface area contributed by atoms with Crippen molar-refractivity contribution in [1.29, 1.82) is 0 Å². The molecule has 2 aromatic heterocycles. The second-order valence-electron chi connectivity index (χ2n) is 3.44. The van der Waals surface area contributed by atoms with Crippen molar-refractivity contribution in [3.05, 3.63) is 29.5 Å². The number of carbonyl (C=O) groups excluding carboxylic acids is 1. The summed E-state index contributed by atoms with van der Waals surface area (Å²) in [4.78, 5) is 15.6. The fraction of sp³-hybridized carbons (Fsp3) is 0.273. The molecule has 6 heteroatoms. The van der Waals surface area contributed by atoms with E-state index in [2.05, 4.69) is 10.3 Å². The lowest BCUT2D eigenvalue weighted by Gasteiger charge is -2.00. The average Bonchev–Trinajstić information content (AvgIpc) is 2.97. The van der Waals surface area contributed by atoms with E-state index in [1.807, 2.05) is 17.5 Å². The number of carbonyl (C=O) groups is 1. The fourth-order valence-electron chi connectivity index (χ4n) is 1.31. The number of nitrogens with zero attached hydrogens (tertiary/aromatic N) is 1. The third-order valence-corrected chi connectivity index (χ3v) is 3.03. The first-order valence-electron chi connectivity index (χ1n) is 5.24. The minimum absolute atomic E-state index is 0.0555. The van der Waals surface area contributed by atoms with Crippen molar-refractivity contribution >= 4 is 17.2 Å². The van der Waals surface area contributed by atoms with Crippen LogP contribution in [-0.4, -0.2) is 17.4 Å². The largest absolute Gasteiger partial charge is 0.462 e. The van der Waals surface area contributed by atoms with Crippen LogP contribution >= 0.6 is 11.3 Å². The van der Waals surface area contributed by atoms with Crippen molar-refractivity contribution in [2.75, 3.05) is 6.54 Å². The molecule has 0 aromatic carbocycles. The molecule has 0 fully saturated rings. The van der Waals surface area contributed by atoms with Crippen molar-refractivity contribution in [2.24, 2.45) is 5.73 Å². The van der Waals surface area contributed by atoms with Gasteiger partial charge in [-0.25, -0.2) is 4.98 Å². The summed E-state index contributed by atoms with van der Waals surface area (Å²) < 4.78 is 5.24. The lowest BCUT2D eigenvalue weighted by Crippen LogP contribution is -2.25. The highest BCUT2D eigenvalue weighted by Crippen LogP contribution is 2.23. The van der Waals surface area contributed by atoms with Crippen LogP contribution in [0.2, 0.25) is 0 Å². The van der Waals surface area contributed by atoms with Crippen LogP contribution in [-0.2, 0) is 11.3 Å². The Morgan fingerprint density at radius 3 is 3.18 bits per heavy atom. The van der Waals surface area contributed by atoms with Crippen molar-refractivity contribution in [2.45, 2.75) is 13.0 Å². The van der Waals surface area contributed by atoms with E-state index in [9.17, 15) is 4.79 Å². The Balaban J connectivity index is 1.93. The zero-order valence-electron chi connectivity index (χ0n) is 9.18. The zero-order valence-corrected chi connectivity index (χ0v) is 10.00. The van der Waals surface area contributed by atoms with Gasteiger partial charge in [-0.1, -0.05) is 0 Å². The standard InChI is InChI=1S/C11H13N3O2S/c12-4-3-10(15)13-6-8-7-17-11(14-8)9-2-1-5-16-9/h1-2,5,7H,3-4,6,12H2,(H,13,15). The maximum Gasteiger partial charge on any atom is 0.221 e. The summed E-state index contributed by atoms with van der Waals surface area (Å²) in [5.41, 5.74) is 6.11. The summed E-state index contributed by atoms with van der Waals surface area (Å²) in [6.45, 7) is 0.788. The van der Waals surface area contributed by atoms with Crippen molar-refractivity contribution < 1.29 is 9.21 Å². The van der Waals surface area contributed by atoms with Crippen LogP contribution in [0.1, 0.15) is 12.1 Å². The van der Waals surface area contributed by atoms with E-state index in [1.54, 1.807) is 6.26 Å². The second kappa shape index (κ2) is 5.60. The molecule has 0 atom stereocenters. The number of amides is 1. The fourth-order valence-corrected chi connectivity index (χ4v) is 2.10. The van der Waals surface area contributed by atoms with Crippen LogP contribution < -0.4 is 11.1 Å². The van der Waals surface area contributed by atoms with E-state index in [1.165, 1.54) is 11.3 Å². The second-order valence-corrected chi connectivity index (χ2v) is 4.29. The third-order valence-electron chi connectivity index (χ3n) is 2.12. The molecule has 17 heavy (non-hydrogen) atoms. The van der Waals surface area contributed by atoms with E-state index >= 15 is 0 Å². The Morgan fingerprint density at radius 1 is 1.59 bits per heavy atom. The molecule has 0 saturated heterocycles. The quantitative estimate of drug-likeness (QED) is 0.841. The van der Waals surface area contributed by atoms with Gasteiger partial charge in [-0.2, -0.15) is 0 Å². The molecular weight excluding hydrogens is 238 g/mol. The topological polar surface area (TPSA) is 81.2 Å². The van der Waals surface area contributed by atoms with Crippen molar-refractivity contribution in [3.63, 3.8) is 0 Å². The van der Waals surface area contributed by atoms with E-state index < -0.39 is 0 Å². The minimum atomic E-state index is -0.0555. The number of furan rings is 1. The van der Waals surface area contributed by atoms with Gasteiger partial charge in [-0.15, -0.1) is 11.3 Å². The molecule has 0 unspecified atom stereocenters. The van der Waals surface area contributed by atoms with Gasteiger partial charge in [0.05, 0.1) is 18.5 Å². The molecule has 0 aliphatic rings. The third kappa shape index (κ3) is 3.15. The van der Waals surface area contributed by atoms with E-state index in [-0.39, 0.29) is 5.91 Å². The number of hydrogen-bond acceptors (Lipinski definition) is 5. The number of thiazole rings is 1. The van der Waals surface area contributed by atoms with Crippen LogP contribution in [0, 0.1) is 0 Å². The molecule has 2 heterocycles. The summed E-state index contributed by atoms with van der Waals surface area (Å²) in [5.74, 6) is 0.689. The molecule has 90 valence electrons. The van der Waals surface area contributed by atoms with Crippen LogP contribution in [0.4, 0.5) is 0 Å². The molecular formula is C11H13N3O2S. The van der Waals surface area contributed by atoms with Gasteiger partial charge in [0.25, 0.3) is 0 Å². The van der Waals surface area contributed by atoms with Gasteiger partial charge in [0.15, 0.2) is 10.8 Å². The van der Waals surface area contributed by atoms with Gasteiger partial charge in [-0.05, 0) is 12.1 Å². The highest BCUT2D eigenvalue weighted by Gasteiger charge is 2.07. The van der Waals surface area contributed by atoms with E-state index in [4.69, 9.17) is 10.2 Å². The maximum atomic E-state index is 11.2. The molecule has 0 aliphatic carbocycles. The highest BCUT2D eigenvalue weighted by molar-refractivity contribution is 7.13. The monoisotopic (exact) mass is 251 g/mol. The maximum absolute atomic E-state index is 11.2. The predicted octanol–water partition coefficient (Wildman–Crippen LogP) is 1.37. The normalized spacial score (nSPS) is 10.4. The Kier molecular flexibility index (Phi) is 3.89. The lowest BCUT2D eigenvalue weighted by atomic mass is 10.4. The van der Waals surface area contributed by atoms with E-state index in [0.717, 1.165) is 16.5 Å². The molecule has 2 aromatic rings. The summed E-state index contributed by atoms with van der Waals surface area (Å²) >= 11 is 1.49. The highest BCUT2D eigenvalue weighted by atomic mass is 32.1. The van der Waals surface area contributed by atoms with Gasteiger partial charge in [0, 0.05) is 18.3 Å². The average molecular weight is 251 g/mol. The molecule has 0 bridgehead atoms. The summed E-state index contributed by atoms with van der Waals surface area (Å²) in [7, 11) is 0. The smallest absolute Gasteiger partial charge is 0.221 e. The van der Waals surface area contributed by atoms with Crippen LogP contribution in [0.3, 0.4) is 0 Å². The van der Waals surface area contributed by atoms with Gasteiger partial charge in [-0.3, -0.25) is 4.79 Å². The molecule has 0 radical (unpaired) electrons. The summed E-state index contributed by atoms with van der Waals surface area (Å²) in [5, 5.41) is 5.47. The van der Waals surface area contributed by atoms with Crippen molar-refractivity contribution in [1.82, 2.24) is 10.3 Å². The van der Waals surface area contributed by atoms with Gasteiger partial charge in [0.1, 0.15) is 0 Å². The first-order valence-corrected chi connectivity index (χ1v) is 6.12. The van der Waals surface area contributed by atoms with Crippen LogP contribution in [0.5, 0.6) is 0 Å². The molecule has 0 aliphatic heterocycles. The lowest BCUT2D eigenvalue weighted by molar-refractivity contribution is -0.121. The van der Waals surface area contributed by atoms with Gasteiger partial charge in [0.2, 0.25) is 5.91 Å². The van der Waals surface area contributed by atoms with E-state index in [0.29, 0.717) is 19.5 Å². The molecule has 0 saturated carbocycles. The molecule has 1 amide bonds. The van der Waals surface area contributed by atoms with Gasteiger partial charge >= 0.3 is 0 Å². The molecule has 5 nitrogen and oxygen atoms in total. The Bertz CT molecular complexity index is 479. The number of nitrogens with one attached hydrogen (secondary N) is 1. The number of rotatable bonds is 5. The Labute approximate surface area is 103 Å². The zero-order chi connectivity index (χ0) is 12.1. The summed E-state index contributed by atoms with van der Waals surface area (Å²) in [6, 6.07) is 3.68. The SMILES string of the molecule is NCCC(=O)NCc1csc(-c2ccco2)n1. The van der Waals surface area contributed by atoms with Crippen molar-refractivity contribution in [3.8, 4) is 10.8 Å². The molecule has 0 spiro atoms. The molecule has 3 N–H and O–H groups in total. The number of hydrogen-bond donors (Lipinski definition) is 2. The Morgan fingerprint density at radius 2 is 2.47 bits per heavy atom. The Hall–Kier alpha value is -1.66. The number of aromatic nitrogens is 1. The van der Waals surface area contributed by atoms with Crippen LogP contribution in [0.15, 0.2) is 28.2 Å². The molecule has 2 rings (SSSR count). The first-order chi connectivity index (χ1) is 8.29. The van der Waals surface area contributed by atoms with Gasteiger partial charge < -0.3 is 15.5 Å². The number of nitrogens with two attached hydrogens (primary N) is 1. The first kappa shape index (κ1) is 11.8. The van der Waals surface area contributed by atoms with Crippen LogP contribution in [0.25, 0.3) is 10.8 Å². The predicted molar refractivity (Wildman–Crippen MR) is 65.3 cm³/mol. The summed E-state index contributed by atoms with van der Waals surface area (Å²) in [6.07, 6.45) is 1.95. The minimum Gasteiger partial charge on any atom is -0.462 e.